The summed E-state index contributed by atoms with van der Waals surface area (Å²) in [5, 5.41) is 2.59. The fraction of sp³-hybridized carbons (Fsp3) is 0.333. The maximum Gasteiger partial charge on any atom is 0.407 e. The molecule has 12 nitrogen and oxygen atoms in total. The SMILES string of the molecule is CCCN1C(=O)N(C)C(C(=O)OC)(C2=CC(=O)c3[nH]cc(CCNC(=O)OCc4ccccc4)c3C2=O)C1=O. The predicted molar refractivity (Wildman–Crippen MR) is 136 cm³/mol. The van der Waals surface area contributed by atoms with E-state index in [0.29, 0.717) is 12.0 Å². The van der Waals surface area contributed by atoms with Crippen LogP contribution in [0.2, 0.25) is 0 Å². The molecule has 2 N–H and O–H groups in total. The summed E-state index contributed by atoms with van der Waals surface area (Å²) < 4.78 is 10.1. The lowest BCUT2D eigenvalue weighted by Crippen LogP contribution is -2.59. The lowest BCUT2D eigenvalue weighted by Gasteiger charge is -2.32. The quantitative estimate of drug-likeness (QED) is 0.280. The van der Waals surface area contributed by atoms with E-state index in [4.69, 9.17) is 9.47 Å². The number of likely N-dealkylation sites (N-methyl/N-ethyl adjacent to an activating group) is 1. The Balaban J connectivity index is 1.56. The van der Waals surface area contributed by atoms with Crippen LogP contribution in [-0.2, 0) is 32.1 Å². The summed E-state index contributed by atoms with van der Waals surface area (Å²) in [5.41, 5.74) is -1.78. The summed E-state index contributed by atoms with van der Waals surface area (Å²) in [6, 6.07) is 8.34. The van der Waals surface area contributed by atoms with Crippen LogP contribution >= 0.6 is 0 Å². The molecule has 1 aliphatic carbocycles. The minimum absolute atomic E-state index is 0.0167. The first kappa shape index (κ1) is 27.3. The number of imide groups is 1. The molecule has 2 heterocycles. The van der Waals surface area contributed by atoms with Crippen LogP contribution < -0.4 is 5.32 Å². The van der Waals surface area contributed by atoms with Crippen molar-refractivity contribution in [2.45, 2.75) is 31.9 Å². The smallest absolute Gasteiger partial charge is 0.407 e. The van der Waals surface area contributed by atoms with E-state index in [1.165, 1.54) is 13.2 Å². The van der Waals surface area contributed by atoms with E-state index in [1.54, 1.807) is 6.92 Å². The molecule has 0 bridgehead atoms. The number of rotatable bonds is 9. The first-order chi connectivity index (χ1) is 18.7. The molecular weight excluding hydrogens is 508 g/mol. The van der Waals surface area contributed by atoms with Crippen LogP contribution in [0.1, 0.15) is 45.3 Å². The lowest BCUT2D eigenvalue weighted by molar-refractivity contribution is -0.154. The molecule has 1 fully saturated rings. The number of esters is 1. The zero-order chi connectivity index (χ0) is 28.3. The minimum Gasteiger partial charge on any atom is -0.467 e. The van der Waals surface area contributed by atoms with Gasteiger partial charge in [-0.05, 0) is 30.0 Å². The highest BCUT2D eigenvalue weighted by molar-refractivity contribution is 6.33. The van der Waals surface area contributed by atoms with Gasteiger partial charge in [-0.2, -0.15) is 0 Å². The van der Waals surface area contributed by atoms with Crippen molar-refractivity contribution in [1.29, 1.82) is 0 Å². The average Bonchev–Trinajstić information content (AvgIpc) is 3.44. The number of ketones is 2. The van der Waals surface area contributed by atoms with Crippen LogP contribution in [0.5, 0.6) is 0 Å². The number of H-pyrrole nitrogens is 1. The molecule has 0 spiro atoms. The van der Waals surface area contributed by atoms with Gasteiger partial charge in [0.1, 0.15) is 6.61 Å². The summed E-state index contributed by atoms with van der Waals surface area (Å²) in [6.45, 7) is 1.92. The third-order valence-corrected chi connectivity index (χ3v) is 6.73. The van der Waals surface area contributed by atoms with E-state index in [-0.39, 0.29) is 37.4 Å². The van der Waals surface area contributed by atoms with Crippen LogP contribution in [0.25, 0.3) is 0 Å². The number of ether oxygens (including phenoxy) is 2. The molecule has 0 radical (unpaired) electrons. The molecule has 1 aromatic carbocycles. The number of nitrogens with zero attached hydrogens (tertiary/aromatic N) is 2. The number of hydrogen-bond acceptors (Lipinski definition) is 8. The van der Waals surface area contributed by atoms with E-state index < -0.39 is 46.7 Å². The molecule has 0 saturated carbocycles. The number of allylic oxidation sites excluding steroid dienone is 1. The van der Waals surface area contributed by atoms with E-state index in [0.717, 1.165) is 28.5 Å². The van der Waals surface area contributed by atoms with Crippen molar-refractivity contribution in [3.05, 3.63) is 70.6 Å². The van der Waals surface area contributed by atoms with Gasteiger partial charge in [0.05, 0.1) is 23.9 Å². The number of urea groups is 1. The fourth-order valence-corrected chi connectivity index (χ4v) is 4.81. The molecule has 12 heteroatoms. The summed E-state index contributed by atoms with van der Waals surface area (Å²) in [6.07, 6.45) is 2.24. The van der Waals surface area contributed by atoms with Crippen LogP contribution in [0.4, 0.5) is 9.59 Å². The van der Waals surface area contributed by atoms with Gasteiger partial charge >= 0.3 is 18.1 Å². The minimum atomic E-state index is -2.44. The van der Waals surface area contributed by atoms with Crippen LogP contribution in [0.15, 0.2) is 48.2 Å². The van der Waals surface area contributed by atoms with Crippen molar-refractivity contribution in [3.8, 4) is 0 Å². The molecule has 1 saturated heterocycles. The van der Waals surface area contributed by atoms with Gasteiger partial charge in [-0.15, -0.1) is 0 Å². The fourth-order valence-electron chi connectivity index (χ4n) is 4.81. The molecule has 1 aromatic heterocycles. The third-order valence-electron chi connectivity index (χ3n) is 6.73. The van der Waals surface area contributed by atoms with Crippen molar-refractivity contribution >= 4 is 35.6 Å². The van der Waals surface area contributed by atoms with Gasteiger partial charge in [-0.25, -0.2) is 14.4 Å². The number of carbonyl (C=O) groups is 6. The number of aromatic amines is 1. The molecule has 4 amide bonds. The molecule has 1 aliphatic heterocycles. The molecular formula is C27H28N4O8. The van der Waals surface area contributed by atoms with Crippen molar-refractivity contribution in [2.24, 2.45) is 0 Å². The normalized spacial score (nSPS) is 18.7. The predicted octanol–water partition coefficient (Wildman–Crippen LogP) is 2.00. The monoisotopic (exact) mass is 536 g/mol. The molecule has 1 unspecified atom stereocenters. The lowest BCUT2D eigenvalue weighted by atomic mass is 9.78. The first-order valence-electron chi connectivity index (χ1n) is 12.3. The molecule has 204 valence electrons. The summed E-state index contributed by atoms with van der Waals surface area (Å²) >= 11 is 0. The molecule has 1 atom stereocenters. The largest absolute Gasteiger partial charge is 0.467 e. The molecule has 4 rings (SSSR count). The standard InChI is InChI=1S/C27H28N4O8/c1-4-12-31-23(34)27(24(35)38-3,30(2)26(31)37)18-13-19(32)21-20(22(18)33)17(14-29-21)10-11-28-25(36)39-15-16-8-6-5-7-9-16/h5-9,13-14,29H,4,10-12,15H2,1-3H3,(H,28,36). The highest BCUT2D eigenvalue weighted by atomic mass is 16.5. The Morgan fingerprint density at radius 1 is 1.10 bits per heavy atom. The third kappa shape index (κ3) is 4.58. The Kier molecular flexibility index (Phi) is 7.65. The number of benzene rings is 1. The first-order valence-corrected chi connectivity index (χ1v) is 12.3. The summed E-state index contributed by atoms with van der Waals surface area (Å²) in [7, 11) is 2.24. The van der Waals surface area contributed by atoms with Gasteiger partial charge in [0.25, 0.3) is 11.4 Å². The van der Waals surface area contributed by atoms with E-state index in [1.807, 2.05) is 30.3 Å². The van der Waals surface area contributed by atoms with Crippen molar-refractivity contribution in [3.63, 3.8) is 0 Å². The number of fused-ring (bicyclic) bond motifs is 1. The zero-order valence-corrected chi connectivity index (χ0v) is 21.7. The number of hydrogen-bond donors (Lipinski definition) is 2. The van der Waals surface area contributed by atoms with Gasteiger partial charge in [-0.3, -0.25) is 24.2 Å². The Morgan fingerprint density at radius 2 is 1.82 bits per heavy atom. The van der Waals surface area contributed by atoms with Gasteiger partial charge in [-0.1, -0.05) is 37.3 Å². The van der Waals surface area contributed by atoms with Crippen molar-refractivity contribution in [1.82, 2.24) is 20.1 Å². The number of Topliss-reactive ketones (excluding diaryl/α,β-unsaturated/α-hetero) is 1. The summed E-state index contributed by atoms with van der Waals surface area (Å²) in [5.74, 6) is -3.53. The number of alkyl carbamates (subject to hydrolysis) is 1. The second-order valence-electron chi connectivity index (χ2n) is 9.05. The number of carbonyl (C=O) groups excluding carboxylic acids is 6. The van der Waals surface area contributed by atoms with E-state index in [2.05, 4.69) is 10.3 Å². The number of amides is 4. The number of nitrogens with one attached hydrogen (secondary N) is 2. The van der Waals surface area contributed by atoms with Crippen LogP contribution in [0.3, 0.4) is 0 Å². The van der Waals surface area contributed by atoms with E-state index >= 15 is 0 Å². The Morgan fingerprint density at radius 3 is 2.49 bits per heavy atom. The molecule has 39 heavy (non-hydrogen) atoms. The molecule has 2 aromatic rings. The van der Waals surface area contributed by atoms with Crippen molar-refractivity contribution < 1.29 is 38.2 Å². The summed E-state index contributed by atoms with van der Waals surface area (Å²) in [4.78, 5) is 83.0. The van der Waals surface area contributed by atoms with Crippen molar-refractivity contribution in [2.75, 3.05) is 27.2 Å². The Labute approximate surface area is 223 Å². The Bertz CT molecular complexity index is 1380. The van der Waals surface area contributed by atoms with Gasteiger partial charge in [0.15, 0.2) is 5.78 Å². The number of methoxy groups -OCH3 is 1. The maximum absolute atomic E-state index is 13.8. The second-order valence-corrected chi connectivity index (χ2v) is 9.05. The van der Waals surface area contributed by atoms with Gasteiger partial charge < -0.3 is 19.8 Å². The van der Waals surface area contributed by atoms with Gasteiger partial charge in [0.2, 0.25) is 5.78 Å². The van der Waals surface area contributed by atoms with E-state index in [9.17, 15) is 28.8 Å². The Hall–Kier alpha value is -4.74. The highest BCUT2D eigenvalue weighted by Gasteiger charge is 2.66. The molecule has 2 aliphatic rings. The second kappa shape index (κ2) is 10.9. The maximum atomic E-state index is 13.8. The average molecular weight is 537 g/mol. The topological polar surface area (TPSA) is 155 Å². The van der Waals surface area contributed by atoms with Crippen LogP contribution in [-0.4, -0.2) is 83.1 Å². The highest BCUT2D eigenvalue weighted by Crippen LogP contribution is 2.39. The number of aromatic nitrogens is 1. The zero-order valence-electron chi connectivity index (χ0n) is 21.7. The van der Waals surface area contributed by atoms with Gasteiger partial charge in [0, 0.05) is 26.3 Å². The van der Waals surface area contributed by atoms with Crippen LogP contribution in [0, 0.1) is 0 Å².